The summed E-state index contributed by atoms with van der Waals surface area (Å²) in [6.07, 6.45) is 4.65. The highest BCUT2D eigenvalue weighted by Gasteiger charge is 2.20. The van der Waals surface area contributed by atoms with E-state index in [1.54, 1.807) is 12.4 Å². The van der Waals surface area contributed by atoms with Gasteiger partial charge in [0, 0.05) is 24.5 Å². The molecule has 0 spiro atoms. The number of nitrogens with zero attached hydrogens (tertiary/aromatic N) is 2. The van der Waals surface area contributed by atoms with Gasteiger partial charge >= 0.3 is 0 Å². The fraction of sp³-hybridized carbons (Fsp3) is 0.333. The molecule has 0 saturated heterocycles. The van der Waals surface area contributed by atoms with Crippen LogP contribution in [0.15, 0.2) is 36.7 Å². The van der Waals surface area contributed by atoms with E-state index in [4.69, 9.17) is 4.74 Å². The summed E-state index contributed by atoms with van der Waals surface area (Å²) in [6.45, 7) is 1.62. The lowest BCUT2D eigenvalue weighted by molar-refractivity contribution is 0.0439. The van der Waals surface area contributed by atoms with Crippen molar-refractivity contribution in [3.63, 3.8) is 0 Å². The lowest BCUT2D eigenvalue weighted by Crippen LogP contribution is -2.25. The van der Waals surface area contributed by atoms with E-state index in [0.29, 0.717) is 0 Å². The minimum Gasteiger partial charge on any atom is -0.372 e. The SMILES string of the molecule is CNC[C@H]1OCCc2cc(-c3ncccn3)ccc21.Cl. The molecule has 1 aromatic heterocycles. The molecule has 5 heteroatoms. The number of aromatic nitrogens is 2. The van der Waals surface area contributed by atoms with Crippen LogP contribution in [0.25, 0.3) is 11.4 Å². The third-order valence-corrected chi connectivity index (χ3v) is 3.39. The Morgan fingerprint density at radius 1 is 1.30 bits per heavy atom. The fourth-order valence-electron chi connectivity index (χ4n) is 2.48. The van der Waals surface area contributed by atoms with Crippen LogP contribution in [0.4, 0.5) is 0 Å². The summed E-state index contributed by atoms with van der Waals surface area (Å²) >= 11 is 0. The van der Waals surface area contributed by atoms with Crippen LogP contribution in [-0.4, -0.2) is 30.2 Å². The maximum Gasteiger partial charge on any atom is 0.159 e. The highest BCUT2D eigenvalue weighted by Crippen LogP contribution is 2.29. The summed E-state index contributed by atoms with van der Waals surface area (Å²) in [7, 11) is 1.95. The zero-order chi connectivity index (χ0) is 13.1. The van der Waals surface area contributed by atoms with E-state index in [0.717, 1.165) is 31.0 Å². The van der Waals surface area contributed by atoms with E-state index in [1.807, 2.05) is 13.1 Å². The Hall–Kier alpha value is -1.49. The number of hydrogen-bond acceptors (Lipinski definition) is 4. The highest BCUT2D eigenvalue weighted by molar-refractivity contribution is 5.85. The molecule has 1 aromatic carbocycles. The number of rotatable bonds is 3. The second kappa shape index (κ2) is 6.79. The van der Waals surface area contributed by atoms with Crippen LogP contribution >= 0.6 is 12.4 Å². The van der Waals surface area contributed by atoms with E-state index < -0.39 is 0 Å². The van der Waals surface area contributed by atoms with Gasteiger partial charge in [0.15, 0.2) is 5.82 Å². The summed E-state index contributed by atoms with van der Waals surface area (Å²) < 4.78 is 5.80. The first-order valence-corrected chi connectivity index (χ1v) is 6.55. The molecule has 0 bridgehead atoms. The van der Waals surface area contributed by atoms with Crippen LogP contribution in [0, 0.1) is 0 Å². The van der Waals surface area contributed by atoms with Crippen LogP contribution in [-0.2, 0) is 11.2 Å². The van der Waals surface area contributed by atoms with Crippen molar-refractivity contribution in [1.82, 2.24) is 15.3 Å². The summed E-state index contributed by atoms with van der Waals surface area (Å²) in [4.78, 5) is 8.60. The molecule has 0 fully saturated rings. The summed E-state index contributed by atoms with van der Waals surface area (Å²) in [5.41, 5.74) is 3.70. The van der Waals surface area contributed by atoms with Crippen molar-refractivity contribution in [2.45, 2.75) is 12.5 Å². The zero-order valence-electron chi connectivity index (χ0n) is 11.4. The number of likely N-dealkylation sites (N-methyl/N-ethyl adjacent to an activating group) is 1. The van der Waals surface area contributed by atoms with Crippen molar-refractivity contribution in [2.24, 2.45) is 0 Å². The number of fused-ring (bicyclic) bond motifs is 1. The summed E-state index contributed by atoms with van der Waals surface area (Å²) in [5, 5.41) is 3.17. The quantitative estimate of drug-likeness (QED) is 0.943. The monoisotopic (exact) mass is 291 g/mol. The molecule has 0 amide bonds. The van der Waals surface area contributed by atoms with Crippen molar-refractivity contribution in [3.05, 3.63) is 47.8 Å². The largest absolute Gasteiger partial charge is 0.372 e. The number of nitrogens with one attached hydrogen (secondary N) is 1. The van der Waals surface area contributed by atoms with E-state index in [9.17, 15) is 0 Å². The van der Waals surface area contributed by atoms with Crippen molar-refractivity contribution in [1.29, 1.82) is 0 Å². The molecule has 1 aliphatic heterocycles. The van der Waals surface area contributed by atoms with Crippen molar-refractivity contribution >= 4 is 12.4 Å². The Balaban J connectivity index is 0.00000147. The van der Waals surface area contributed by atoms with E-state index in [2.05, 4.69) is 33.5 Å². The van der Waals surface area contributed by atoms with Crippen LogP contribution in [0.1, 0.15) is 17.2 Å². The minimum atomic E-state index is 0. The topological polar surface area (TPSA) is 47.0 Å². The average molecular weight is 292 g/mol. The number of hydrogen-bond donors (Lipinski definition) is 1. The predicted octanol–water partition coefficient (Wildman–Crippen LogP) is 2.40. The standard InChI is InChI=1S/C15H17N3O.ClH/c1-16-10-14-13-4-3-12(9-11(13)5-8-19-14)15-17-6-2-7-18-15;/h2-4,6-7,9,14,16H,5,8,10H2,1H3;1H/t14-;/m1./s1. The molecule has 0 saturated carbocycles. The maximum absolute atomic E-state index is 5.80. The zero-order valence-corrected chi connectivity index (χ0v) is 12.2. The Kier molecular flexibility index (Phi) is 5.06. The molecular formula is C15H18ClN3O. The lowest BCUT2D eigenvalue weighted by Gasteiger charge is -2.26. The van der Waals surface area contributed by atoms with Gasteiger partial charge in [-0.25, -0.2) is 9.97 Å². The van der Waals surface area contributed by atoms with Gasteiger partial charge in [-0.1, -0.05) is 12.1 Å². The molecule has 1 atom stereocenters. The fourth-order valence-corrected chi connectivity index (χ4v) is 2.48. The third kappa shape index (κ3) is 2.98. The number of halogens is 1. The third-order valence-electron chi connectivity index (χ3n) is 3.39. The highest BCUT2D eigenvalue weighted by atomic mass is 35.5. The Morgan fingerprint density at radius 2 is 2.10 bits per heavy atom. The van der Waals surface area contributed by atoms with Gasteiger partial charge in [-0.3, -0.25) is 0 Å². The maximum atomic E-state index is 5.80. The molecule has 3 rings (SSSR count). The molecule has 2 aromatic rings. The molecule has 4 nitrogen and oxygen atoms in total. The summed E-state index contributed by atoms with van der Waals surface area (Å²) in [5.74, 6) is 0.780. The van der Waals surface area contributed by atoms with Crippen LogP contribution in [0.3, 0.4) is 0 Å². The Morgan fingerprint density at radius 3 is 2.85 bits per heavy atom. The predicted molar refractivity (Wildman–Crippen MR) is 81.0 cm³/mol. The molecule has 0 radical (unpaired) electrons. The van der Waals surface area contributed by atoms with E-state index >= 15 is 0 Å². The molecule has 2 heterocycles. The van der Waals surface area contributed by atoms with Gasteiger partial charge in [0.25, 0.3) is 0 Å². The van der Waals surface area contributed by atoms with Crippen LogP contribution in [0.2, 0.25) is 0 Å². The summed E-state index contributed by atoms with van der Waals surface area (Å²) in [6, 6.07) is 8.24. The van der Waals surface area contributed by atoms with Gasteiger partial charge in [0.05, 0.1) is 12.7 Å². The number of benzene rings is 1. The second-order valence-electron chi connectivity index (χ2n) is 4.65. The molecular weight excluding hydrogens is 274 g/mol. The normalized spacial score (nSPS) is 17.1. The molecule has 0 unspecified atom stereocenters. The Labute approximate surface area is 125 Å². The van der Waals surface area contributed by atoms with Gasteiger partial charge in [0.2, 0.25) is 0 Å². The van der Waals surface area contributed by atoms with Gasteiger partial charge in [0.1, 0.15) is 0 Å². The minimum absolute atomic E-state index is 0. The van der Waals surface area contributed by atoms with Crippen molar-refractivity contribution in [2.75, 3.05) is 20.2 Å². The smallest absolute Gasteiger partial charge is 0.159 e. The number of ether oxygens (including phenoxy) is 1. The van der Waals surface area contributed by atoms with Gasteiger partial charge in [-0.05, 0) is 36.7 Å². The van der Waals surface area contributed by atoms with Gasteiger partial charge in [-0.2, -0.15) is 0 Å². The van der Waals surface area contributed by atoms with Crippen LogP contribution < -0.4 is 5.32 Å². The van der Waals surface area contributed by atoms with E-state index in [1.165, 1.54) is 11.1 Å². The Bertz CT molecular complexity index is 562. The van der Waals surface area contributed by atoms with Crippen molar-refractivity contribution in [3.8, 4) is 11.4 Å². The van der Waals surface area contributed by atoms with Gasteiger partial charge in [-0.15, -0.1) is 12.4 Å². The molecule has 1 N–H and O–H groups in total. The average Bonchev–Trinajstić information content (AvgIpc) is 2.48. The lowest BCUT2D eigenvalue weighted by atomic mass is 9.95. The van der Waals surface area contributed by atoms with Crippen molar-refractivity contribution < 1.29 is 4.74 Å². The molecule has 20 heavy (non-hydrogen) atoms. The molecule has 0 aliphatic carbocycles. The second-order valence-corrected chi connectivity index (χ2v) is 4.65. The van der Waals surface area contributed by atoms with Gasteiger partial charge < -0.3 is 10.1 Å². The first-order valence-electron chi connectivity index (χ1n) is 6.55. The first kappa shape index (κ1) is 14.9. The molecule has 1 aliphatic rings. The van der Waals surface area contributed by atoms with Crippen LogP contribution in [0.5, 0.6) is 0 Å². The molecule has 106 valence electrons. The van der Waals surface area contributed by atoms with E-state index in [-0.39, 0.29) is 18.5 Å². The first-order chi connectivity index (χ1) is 9.38.